The van der Waals surface area contributed by atoms with Crippen LogP contribution in [0.4, 0.5) is 0 Å². The van der Waals surface area contributed by atoms with Crippen molar-refractivity contribution in [3.05, 3.63) is 77.4 Å². The number of aryl methyl sites for hydroxylation is 1. The summed E-state index contributed by atoms with van der Waals surface area (Å²) in [4.78, 5) is 0. The highest BCUT2D eigenvalue weighted by molar-refractivity contribution is 5.77. The Kier molecular flexibility index (Phi) is 5.92. The Morgan fingerprint density at radius 1 is 1.04 bits per heavy atom. The van der Waals surface area contributed by atoms with Gasteiger partial charge in [0.1, 0.15) is 0 Å². The highest BCUT2D eigenvalue weighted by Crippen LogP contribution is 2.32. The lowest BCUT2D eigenvalue weighted by Crippen LogP contribution is -2.26. The second-order valence-corrected chi connectivity index (χ2v) is 6.37. The molecule has 0 amide bonds. The first kappa shape index (κ1) is 17.9. The SMILES string of the molecule is CC(C)(O)/C(=C(/C#N)C(O)CCc1ccccc1)c1ccccc1. The summed E-state index contributed by atoms with van der Waals surface area (Å²) in [7, 11) is 0. The molecule has 0 saturated heterocycles. The lowest BCUT2D eigenvalue weighted by atomic mass is 9.84. The van der Waals surface area contributed by atoms with E-state index in [1.807, 2.05) is 60.7 Å². The number of nitrogens with zero attached hydrogens (tertiary/aromatic N) is 1. The number of rotatable bonds is 6. The van der Waals surface area contributed by atoms with Crippen LogP contribution in [-0.4, -0.2) is 21.9 Å². The van der Waals surface area contributed by atoms with Gasteiger partial charge in [0.15, 0.2) is 0 Å². The molecule has 2 rings (SSSR count). The van der Waals surface area contributed by atoms with Crippen molar-refractivity contribution >= 4 is 5.57 Å². The number of hydrogen-bond donors (Lipinski definition) is 2. The van der Waals surface area contributed by atoms with Crippen LogP contribution >= 0.6 is 0 Å². The quantitative estimate of drug-likeness (QED) is 0.797. The number of nitriles is 1. The fourth-order valence-corrected chi connectivity index (χ4v) is 2.83. The minimum Gasteiger partial charge on any atom is -0.388 e. The number of hydrogen-bond acceptors (Lipinski definition) is 3. The molecule has 0 aromatic heterocycles. The van der Waals surface area contributed by atoms with Crippen LogP contribution in [0.15, 0.2) is 66.2 Å². The first-order valence-electron chi connectivity index (χ1n) is 8.08. The molecule has 0 spiro atoms. The summed E-state index contributed by atoms with van der Waals surface area (Å²) >= 11 is 0. The standard InChI is InChI=1S/C21H23NO2/c1-21(2,24)20(17-11-7-4-8-12-17)18(15-22)19(23)14-13-16-9-5-3-6-10-16/h3-12,19,23-24H,13-14H2,1-2H3/b20-18-. The van der Waals surface area contributed by atoms with Crippen molar-refractivity contribution in [2.24, 2.45) is 0 Å². The van der Waals surface area contributed by atoms with Gasteiger partial charge in [0, 0.05) is 5.57 Å². The molecule has 3 heteroatoms. The molecule has 1 unspecified atom stereocenters. The van der Waals surface area contributed by atoms with Crippen LogP contribution in [0.1, 0.15) is 31.4 Å². The van der Waals surface area contributed by atoms with E-state index in [1.165, 1.54) is 0 Å². The van der Waals surface area contributed by atoms with Crippen LogP contribution in [-0.2, 0) is 6.42 Å². The summed E-state index contributed by atoms with van der Waals surface area (Å²) in [5.74, 6) is 0. The van der Waals surface area contributed by atoms with E-state index in [0.29, 0.717) is 18.4 Å². The summed E-state index contributed by atoms with van der Waals surface area (Å²) in [5.41, 5.74) is 1.34. The molecule has 0 aliphatic carbocycles. The lowest BCUT2D eigenvalue weighted by Gasteiger charge is -2.25. The maximum Gasteiger partial charge on any atom is 0.0978 e. The molecule has 0 aliphatic rings. The summed E-state index contributed by atoms with van der Waals surface area (Å²) in [5, 5.41) is 30.7. The van der Waals surface area contributed by atoms with Crippen LogP contribution in [0.25, 0.3) is 5.57 Å². The molecule has 0 saturated carbocycles. The van der Waals surface area contributed by atoms with Gasteiger partial charge in [-0.3, -0.25) is 0 Å². The summed E-state index contributed by atoms with van der Waals surface area (Å²) in [6.07, 6.45) is 0.178. The van der Waals surface area contributed by atoms with E-state index in [-0.39, 0.29) is 5.57 Å². The van der Waals surface area contributed by atoms with Gasteiger partial charge in [-0.25, -0.2) is 0 Å². The number of aliphatic hydroxyl groups excluding tert-OH is 1. The zero-order valence-corrected chi connectivity index (χ0v) is 14.1. The van der Waals surface area contributed by atoms with Crippen molar-refractivity contribution in [3.8, 4) is 6.07 Å². The highest BCUT2D eigenvalue weighted by atomic mass is 16.3. The highest BCUT2D eigenvalue weighted by Gasteiger charge is 2.28. The van der Waals surface area contributed by atoms with Gasteiger partial charge >= 0.3 is 0 Å². The fourth-order valence-electron chi connectivity index (χ4n) is 2.83. The molecular weight excluding hydrogens is 298 g/mol. The Bertz CT molecular complexity index is 722. The Hall–Kier alpha value is -2.41. The molecule has 0 aliphatic heterocycles. The minimum atomic E-state index is -1.22. The monoisotopic (exact) mass is 321 g/mol. The summed E-state index contributed by atoms with van der Waals surface area (Å²) in [6, 6.07) is 21.2. The topological polar surface area (TPSA) is 64.2 Å². The molecule has 0 heterocycles. The molecule has 3 nitrogen and oxygen atoms in total. The van der Waals surface area contributed by atoms with E-state index in [4.69, 9.17) is 0 Å². The van der Waals surface area contributed by atoms with Crippen LogP contribution in [0.5, 0.6) is 0 Å². The van der Waals surface area contributed by atoms with E-state index in [9.17, 15) is 15.5 Å². The summed E-state index contributed by atoms with van der Waals surface area (Å²) in [6.45, 7) is 3.27. The van der Waals surface area contributed by atoms with E-state index in [2.05, 4.69) is 6.07 Å². The molecule has 0 fully saturated rings. The fraction of sp³-hybridized carbons (Fsp3) is 0.286. The first-order chi connectivity index (χ1) is 11.4. The van der Waals surface area contributed by atoms with Crippen LogP contribution < -0.4 is 0 Å². The van der Waals surface area contributed by atoms with Crippen LogP contribution in [0.3, 0.4) is 0 Å². The van der Waals surface area contributed by atoms with Gasteiger partial charge in [-0.1, -0.05) is 60.7 Å². The second-order valence-electron chi connectivity index (χ2n) is 6.37. The Balaban J connectivity index is 2.33. The third kappa shape index (κ3) is 4.55. The van der Waals surface area contributed by atoms with Gasteiger partial charge in [0.05, 0.1) is 23.3 Å². The average Bonchev–Trinajstić information content (AvgIpc) is 2.58. The summed E-state index contributed by atoms with van der Waals surface area (Å²) < 4.78 is 0. The maximum absolute atomic E-state index is 10.6. The van der Waals surface area contributed by atoms with Gasteiger partial charge in [0.25, 0.3) is 0 Å². The zero-order valence-electron chi connectivity index (χ0n) is 14.1. The van der Waals surface area contributed by atoms with Crippen molar-refractivity contribution in [1.82, 2.24) is 0 Å². The Morgan fingerprint density at radius 2 is 1.58 bits per heavy atom. The Morgan fingerprint density at radius 3 is 2.08 bits per heavy atom. The predicted octanol–water partition coefficient (Wildman–Crippen LogP) is 3.73. The largest absolute Gasteiger partial charge is 0.388 e. The first-order valence-corrected chi connectivity index (χ1v) is 8.08. The molecule has 24 heavy (non-hydrogen) atoms. The zero-order chi connectivity index (χ0) is 17.6. The van der Waals surface area contributed by atoms with Gasteiger partial charge in [0.2, 0.25) is 0 Å². The normalized spacial score (nSPS) is 13.8. The molecule has 2 N–H and O–H groups in total. The van der Waals surface area contributed by atoms with E-state index >= 15 is 0 Å². The van der Waals surface area contributed by atoms with Crippen molar-refractivity contribution in [1.29, 1.82) is 5.26 Å². The van der Waals surface area contributed by atoms with E-state index < -0.39 is 11.7 Å². The van der Waals surface area contributed by atoms with E-state index in [1.54, 1.807) is 13.8 Å². The van der Waals surface area contributed by atoms with Gasteiger partial charge in [-0.05, 0) is 37.8 Å². The third-order valence-electron chi connectivity index (χ3n) is 3.95. The second kappa shape index (κ2) is 7.92. The molecule has 2 aromatic carbocycles. The minimum absolute atomic E-state index is 0.227. The number of benzene rings is 2. The molecule has 0 bridgehead atoms. The smallest absolute Gasteiger partial charge is 0.0978 e. The van der Waals surface area contributed by atoms with Crippen LogP contribution in [0.2, 0.25) is 0 Å². The Labute approximate surface area is 143 Å². The molecule has 2 aromatic rings. The molecular formula is C21H23NO2. The van der Waals surface area contributed by atoms with Crippen molar-refractivity contribution in [2.75, 3.05) is 0 Å². The van der Waals surface area contributed by atoms with Crippen molar-refractivity contribution in [3.63, 3.8) is 0 Å². The van der Waals surface area contributed by atoms with Crippen molar-refractivity contribution in [2.45, 2.75) is 38.4 Å². The maximum atomic E-state index is 10.6. The van der Waals surface area contributed by atoms with E-state index in [0.717, 1.165) is 11.1 Å². The van der Waals surface area contributed by atoms with Crippen molar-refractivity contribution < 1.29 is 10.2 Å². The predicted molar refractivity (Wildman–Crippen MR) is 96.0 cm³/mol. The molecule has 0 radical (unpaired) electrons. The van der Waals surface area contributed by atoms with Gasteiger partial charge in [-0.15, -0.1) is 0 Å². The van der Waals surface area contributed by atoms with Gasteiger partial charge in [-0.2, -0.15) is 5.26 Å². The number of aliphatic hydroxyl groups is 2. The third-order valence-corrected chi connectivity index (χ3v) is 3.95. The molecule has 1 atom stereocenters. The lowest BCUT2D eigenvalue weighted by molar-refractivity contribution is 0.139. The molecule has 124 valence electrons. The van der Waals surface area contributed by atoms with Gasteiger partial charge < -0.3 is 10.2 Å². The van der Waals surface area contributed by atoms with Crippen LogP contribution in [0, 0.1) is 11.3 Å². The average molecular weight is 321 g/mol.